The molecule has 2 amide bonds. The number of rotatable bonds is 4. The summed E-state index contributed by atoms with van der Waals surface area (Å²) < 4.78 is 52.1. The number of hydrogen-bond donors (Lipinski definition) is 1. The van der Waals surface area contributed by atoms with E-state index >= 15 is 0 Å². The van der Waals surface area contributed by atoms with Crippen molar-refractivity contribution in [3.05, 3.63) is 94.8 Å². The van der Waals surface area contributed by atoms with Gasteiger partial charge in [0.2, 0.25) is 5.91 Å². The molecule has 0 radical (unpaired) electrons. The molecule has 9 heteroatoms. The van der Waals surface area contributed by atoms with Crippen LogP contribution < -0.4 is 10.2 Å². The summed E-state index contributed by atoms with van der Waals surface area (Å²) in [6.45, 7) is 1.65. The van der Waals surface area contributed by atoms with Crippen molar-refractivity contribution in [3.8, 4) is 0 Å². The maximum Gasteiger partial charge on any atom is 0.416 e. The summed E-state index contributed by atoms with van der Waals surface area (Å²) >= 11 is 1.41. The minimum absolute atomic E-state index is 0.0941. The van der Waals surface area contributed by atoms with E-state index in [0.29, 0.717) is 16.9 Å². The molecular formula is C24H18F4N2O2S. The lowest BCUT2D eigenvalue weighted by atomic mass is 10.1. The first kappa shape index (κ1) is 22.8. The summed E-state index contributed by atoms with van der Waals surface area (Å²) in [4.78, 5) is 26.4. The lowest BCUT2D eigenvalue weighted by Crippen LogP contribution is -2.28. The predicted molar refractivity (Wildman–Crippen MR) is 120 cm³/mol. The second-order valence-corrected chi connectivity index (χ2v) is 8.58. The summed E-state index contributed by atoms with van der Waals surface area (Å²) in [5.41, 5.74) is 1.47. The molecule has 0 unspecified atom stereocenters. The molecule has 0 saturated carbocycles. The van der Waals surface area contributed by atoms with Crippen LogP contribution in [0.25, 0.3) is 0 Å². The molecule has 4 rings (SSSR count). The molecule has 0 spiro atoms. The van der Waals surface area contributed by atoms with Crippen molar-refractivity contribution in [2.45, 2.75) is 18.5 Å². The molecule has 1 atom stereocenters. The molecule has 170 valence electrons. The Kier molecular flexibility index (Phi) is 6.16. The topological polar surface area (TPSA) is 49.4 Å². The lowest BCUT2D eigenvalue weighted by molar-refractivity contribution is -0.137. The summed E-state index contributed by atoms with van der Waals surface area (Å²) in [7, 11) is 0. The van der Waals surface area contributed by atoms with Crippen LogP contribution in [0.4, 0.5) is 28.9 Å². The van der Waals surface area contributed by atoms with Crippen molar-refractivity contribution in [2.24, 2.45) is 0 Å². The number of nitrogens with zero attached hydrogens (tertiary/aromatic N) is 1. The van der Waals surface area contributed by atoms with Gasteiger partial charge in [-0.2, -0.15) is 13.2 Å². The zero-order valence-electron chi connectivity index (χ0n) is 17.3. The Labute approximate surface area is 191 Å². The number of aryl methyl sites for hydroxylation is 1. The van der Waals surface area contributed by atoms with Crippen molar-refractivity contribution in [1.82, 2.24) is 0 Å². The van der Waals surface area contributed by atoms with Crippen LogP contribution >= 0.6 is 11.8 Å². The van der Waals surface area contributed by atoms with E-state index in [0.717, 1.165) is 29.8 Å². The van der Waals surface area contributed by atoms with Gasteiger partial charge in [0.1, 0.15) is 11.2 Å². The fourth-order valence-electron chi connectivity index (χ4n) is 3.43. The van der Waals surface area contributed by atoms with Gasteiger partial charge in [-0.25, -0.2) is 4.39 Å². The highest BCUT2D eigenvalue weighted by Gasteiger charge is 2.34. The van der Waals surface area contributed by atoms with Crippen molar-refractivity contribution < 1.29 is 27.2 Å². The van der Waals surface area contributed by atoms with Gasteiger partial charge in [-0.1, -0.05) is 18.2 Å². The summed E-state index contributed by atoms with van der Waals surface area (Å²) in [6.07, 6.45) is -4.47. The van der Waals surface area contributed by atoms with E-state index in [-0.39, 0.29) is 22.6 Å². The summed E-state index contributed by atoms with van der Waals surface area (Å²) in [5, 5.41) is 2.29. The van der Waals surface area contributed by atoms with Gasteiger partial charge in [-0.3, -0.25) is 14.5 Å². The van der Waals surface area contributed by atoms with E-state index in [4.69, 9.17) is 0 Å². The second kappa shape index (κ2) is 8.90. The SMILES string of the molecule is Cc1ccc(N2C(=O)CS[C@H]2c2ccc(NC(=O)c3ccc(C(F)(F)F)cc3)cc2)cc1F. The number of carbonyl (C=O) groups excluding carboxylic acids is 2. The van der Waals surface area contributed by atoms with E-state index in [9.17, 15) is 27.2 Å². The number of carbonyl (C=O) groups is 2. The molecule has 0 aromatic heterocycles. The predicted octanol–water partition coefficient (Wildman–Crippen LogP) is 6.18. The highest BCUT2D eigenvalue weighted by atomic mass is 32.2. The van der Waals surface area contributed by atoms with Gasteiger partial charge in [0, 0.05) is 16.9 Å². The normalized spacial score (nSPS) is 16.2. The monoisotopic (exact) mass is 474 g/mol. The van der Waals surface area contributed by atoms with Crippen molar-refractivity contribution in [3.63, 3.8) is 0 Å². The number of alkyl halides is 3. The third-order valence-corrected chi connectivity index (χ3v) is 6.44. The van der Waals surface area contributed by atoms with E-state index in [1.807, 2.05) is 0 Å². The van der Waals surface area contributed by atoms with Gasteiger partial charge in [-0.05, 0) is 66.6 Å². The van der Waals surface area contributed by atoms with Crippen LogP contribution in [-0.4, -0.2) is 17.6 Å². The van der Waals surface area contributed by atoms with Crippen LogP contribution in [0.1, 0.15) is 32.4 Å². The molecule has 1 aliphatic heterocycles. The number of halogens is 4. The zero-order valence-corrected chi connectivity index (χ0v) is 18.1. The minimum atomic E-state index is -4.47. The Morgan fingerprint density at radius 2 is 1.70 bits per heavy atom. The molecule has 4 nitrogen and oxygen atoms in total. The van der Waals surface area contributed by atoms with Crippen LogP contribution in [0.3, 0.4) is 0 Å². The average Bonchev–Trinajstić information content (AvgIpc) is 3.17. The molecule has 0 bridgehead atoms. The van der Waals surface area contributed by atoms with Gasteiger partial charge in [-0.15, -0.1) is 11.8 Å². The van der Waals surface area contributed by atoms with E-state index in [1.54, 1.807) is 48.2 Å². The first-order valence-electron chi connectivity index (χ1n) is 9.92. The van der Waals surface area contributed by atoms with Crippen LogP contribution in [0.2, 0.25) is 0 Å². The first-order valence-corrected chi connectivity index (χ1v) is 11.0. The van der Waals surface area contributed by atoms with Crippen LogP contribution in [0, 0.1) is 12.7 Å². The number of amides is 2. The number of anilines is 2. The van der Waals surface area contributed by atoms with Crippen molar-refractivity contribution in [1.29, 1.82) is 0 Å². The van der Waals surface area contributed by atoms with Gasteiger partial charge in [0.25, 0.3) is 5.91 Å². The Balaban J connectivity index is 1.49. The van der Waals surface area contributed by atoms with E-state index in [1.165, 1.54) is 17.8 Å². The van der Waals surface area contributed by atoms with Gasteiger partial charge in [0.05, 0.1) is 11.3 Å². The van der Waals surface area contributed by atoms with Gasteiger partial charge in [0.15, 0.2) is 0 Å². The molecule has 3 aromatic carbocycles. The highest BCUT2D eigenvalue weighted by molar-refractivity contribution is 8.00. The maximum atomic E-state index is 14.0. The Morgan fingerprint density at radius 1 is 1.03 bits per heavy atom. The summed E-state index contributed by atoms with van der Waals surface area (Å²) in [5.74, 6) is -0.809. The molecule has 1 aliphatic rings. The smallest absolute Gasteiger partial charge is 0.322 e. The molecular weight excluding hydrogens is 456 g/mol. The maximum absolute atomic E-state index is 14.0. The third kappa shape index (κ3) is 4.88. The van der Waals surface area contributed by atoms with Gasteiger partial charge < -0.3 is 5.32 Å². The number of benzene rings is 3. The first-order chi connectivity index (χ1) is 15.6. The second-order valence-electron chi connectivity index (χ2n) is 7.51. The molecule has 1 heterocycles. The Hall–Kier alpha value is -3.33. The Bertz CT molecular complexity index is 1190. The molecule has 3 aromatic rings. The van der Waals surface area contributed by atoms with E-state index < -0.39 is 23.5 Å². The standard InChI is InChI=1S/C24H18F4N2O2S/c1-14-2-11-19(12-20(14)25)30-21(31)13-33-23(30)16-5-9-18(10-6-16)29-22(32)15-3-7-17(8-4-15)24(26,27)28/h2-12,23H,13H2,1H3,(H,29,32)/t23-/m0/s1. The number of thioether (sulfide) groups is 1. The largest absolute Gasteiger partial charge is 0.416 e. The fraction of sp³-hybridized carbons (Fsp3) is 0.167. The lowest BCUT2D eigenvalue weighted by Gasteiger charge is -2.25. The molecule has 1 N–H and O–H groups in total. The van der Waals surface area contributed by atoms with Gasteiger partial charge >= 0.3 is 6.18 Å². The minimum Gasteiger partial charge on any atom is -0.322 e. The molecule has 1 saturated heterocycles. The molecule has 33 heavy (non-hydrogen) atoms. The quantitative estimate of drug-likeness (QED) is 0.459. The molecule has 0 aliphatic carbocycles. The number of nitrogens with one attached hydrogen (secondary N) is 1. The van der Waals surface area contributed by atoms with Crippen molar-refractivity contribution >= 4 is 35.0 Å². The average molecular weight is 474 g/mol. The Morgan fingerprint density at radius 3 is 2.30 bits per heavy atom. The van der Waals surface area contributed by atoms with E-state index in [2.05, 4.69) is 5.32 Å². The van der Waals surface area contributed by atoms with Crippen LogP contribution in [-0.2, 0) is 11.0 Å². The molecule has 1 fully saturated rings. The van der Waals surface area contributed by atoms with Crippen LogP contribution in [0.5, 0.6) is 0 Å². The summed E-state index contributed by atoms with van der Waals surface area (Å²) in [6, 6.07) is 15.4. The van der Waals surface area contributed by atoms with Crippen LogP contribution in [0.15, 0.2) is 66.7 Å². The zero-order chi connectivity index (χ0) is 23.8. The third-order valence-electron chi connectivity index (χ3n) is 5.23. The number of hydrogen-bond acceptors (Lipinski definition) is 3. The van der Waals surface area contributed by atoms with Crippen molar-refractivity contribution in [2.75, 3.05) is 16.0 Å². The highest BCUT2D eigenvalue weighted by Crippen LogP contribution is 2.42. The fourth-order valence-corrected chi connectivity index (χ4v) is 4.60.